The van der Waals surface area contributed by atoms with Crippen molar-refractivity contribution in [2.24, 2.45) is 0 Å². The van der Waals surface area contributed by atoms with Crippen LogP contribution in [0.1, 0.15) is 29.9 Å². The second-order valence-corrected chi connectivity index (χ2v) is 6.25. The summed E-state index contributed by atoms with van der Waals surface area (Å²) in [5.41, 5.74) is 2.41. The summed E-state index contributed by atoms with van der Waals surface area (Å²) >= 11 is 3.46. The molecule has 0 heterocycles. The first-order valence-electron chi connectivity index (χ1n) is 6.94. The Kier molecular flexibility index (Phi) is 4.18. The smallest absolute Gasteiger partial charge is 0.123 e. The maximum absolute atomic E-state index is 13.2. The van der Waals surface area contributed by atoms with Crippen LogP contribution in [0.3, 0.4) is 0 Å². The quantitative estimate of drug-likeness (QED) is 0.860. The van der Waals surface area contributed by atoms with E-state index in [-0.39, 0.29) is 5.82 Å². The molecule has 0 saturated heterocycles. The van der Waals surface area contributed by atoms with Crippen molar-refractivity contribution in [2.75, 3.05) is 0 Å². The lowest BCUT2D eigenvalue weighted by Crippen LogP contribution is -2.39. The van der Waals surface area contributed by atoms with Crippen LogP contribution >= 0.6 is 15.9 Å². The van der Waals surface area contributed by atoms with Crippen molar-refractivity contribution in [3.8, 4) is 0 Å². The Bertz CT molecular complexity index is 579. The third-order valence-corrected chi connectivity index (χ3v) is 4.77. The van der Waals surface area contributed by atoms with Gasteiger partial charge in [0.1, 0.15) is 5.82 Å². The highest BCUT2D eigenvalue weighted by Crippen LogP contribution is 2.36. The molecule has 104 valence electrons. The molecule has 1 aliphatic rings. The molecule has 3 rings (SSSR count). The fourth-order valence-corrected chi connectivity index (χ4v) is 3.10. The van der Waals surface area contributed by atoms with Gasteiger partial charge in [-0.3, -0.25) is 0 Å². The molecule has 0 atom stereocenters. The van der Waals surface area contributed by atoms with E-state index >= 15 is 0 Å². The molecule has 0 bridgehead atoms. The molecule has 2 aromatic rings. The first-order valence-corrected chi connectivity index (χ1v) is 7.74. The minimum atomic E-state index is -0.180. The molecule has 0 aromatic heterocycles. The summed E-state index contributed by atoms with van der Waals surface area (Å²) in [6.07, 6.45) is 2.33. The Morgan fingerprint density at radius 2 is 1.85 bits per heavy atom. The molecule has 20 heavy (non-hydrogen) atoms. The van der Waals surface area contributed by atoms with Crippen LogP contribution in [0.15, 0.2) is 53.0 Å². The second-order valence-electron chi connectivity index (χ2n) is 5.39. The third-order valence-electron chi connectivity index (χ3n) is 4.00. The van der Waals surface area contributed by atoms with Gasteiger partial charge in [0, 0.05) is 17.1 Å². The van der Waals surface area contributed by atoms with Gasteiger partial charge < -0.3 is 5.32 Å². The highest BCUT2D eigenvalue weighted by atomic mass is 79.9. The molecule has 1 nitrogen and oxygen atoms in total. The largest absolute Gasteiger partial charge is 0.310 e. The maximum Gasteiger partial charge on any atom is 0.123 e. The van der Waals surface area contributed by atoms with Crippen LogP contribution in [0.25, 0.3) is 0 Å². The summed E-state index contributed by atoms with van der Waals surface area (Å²) in [6.45, 7) is 0.713. The van der Waals surface area contributed by atoms with E-state index in [9.17, 15) is 4.39 Å². The van der Waals surface area contributed by atoms with Crippen molar-refractivity contribution in [3.63, 3.8) is 0 Å². The van der Waals surface area contributed by atoms with Gasteiger partial charge in [-0.2, -0.15) is 0 Å². The molecule has 0 unspecified atom stereocenters. The Morgan fingerprint density at radius 1 is 1.10 bits per heavy atom. The highest BCUT2D eigenvalue weighted by molar-refractivity contribution is 9.10. The average molecular weight is 334 g/mol. The number of benzene rings is 2. The summed E-state index contributed by atoms with van der Waals surface area (Å²) < 4.78 is 14.2. The molecule has 0 aliphatic heterocycles. The van der Waals surface area contributed by atoms with Crippen molar-refractivity contribution < 1.29 is 4.39 Å². The van der Waals surface area contributed by atoms with Gasteiger partial charge >= 0.3 is 0 Å². The third kappa shape index (κ3) is 3.10. The van der Waals surface area contributed by atoms with E-state index in [4.69, 9.17) is 0 Å². The zero-order valence-electron chi connectivity index (χ0n) is 11.2. The minimum absolute atomic E-state index is 0.180. The number of hydrogen-bond acceptors (Lipinski definition) is 1. The van der Waals surface area contributed by atoms with Crippen LogP contribution in [0.4, 0.5) is 4.39 Å². The van der Waals surface area contributed by atoms with E-state index in [0.29, 0.717) is 18.5 Å². The van der Waals surface area contributed by atoms with Gasteiger partial charge in [-0.25, -0.2) is 4.39 Å². The highest BCUT2D eigenvalue weighted by Gasteiger charge is 2.29. The van der Waals surface area contributed by atoms with E-state index in [1.54, 1.807) is 12.1 Å². The van der Waals surface area contributed by atoms with Crippen LogP contribution in [-0.2, 0) is 6.54 Å². The zero-order valence-corrected chi connectivity index (χ0v) is 12.7. The van der Waals surface area contributed by atoms with Gasteiger partial charge in [-0.1, -0.05) is 46.3 Å². The van der Waals surface area contributed by atoms with Crippen LogP contribution in [0.5, 0.6) is 0 Å². The van der Waals surface area contributed by atoms with E-state index in [1.807, 2.05) is 0 Å². The van der Waals surface area contributed by atoms with Gasteiger partial charge in [0.25, 0.3) is 0 Å². The molecule has 3 heteroatoms. The predicted molar refractivity (Wildman–Crippen MR) is 83.1 cm³/mol. The number of nitrogens with one attached hydrogen (secondary N) is 1. The fourth-order valence-electron chi connectivity index (χ4n) is 2.71. The van der Waals surface area contributed by atoms with Crippen molar-refractivity contribution in [3.05, 3.63) is 69.9 Å². The molecule has 1 fully saturated rings. The van der Waals surface area contributed by atoms with Crippen LogP contribution in [0.2, 0.25) is 0 Å². The van der Waals surface area contributed by atoms with E-state index < -0.39 is 0 Å². The van der Waals surface area contributed by atoms with Crippen molar-refractivity contribution >= 4 is 15.9 Å². The van der Waals surface area contributed by atoms with E-state index in [0.717, 1.165) is 22.9 Å². The lowest BCUT2D eigenvalue weighted by molar-refractivity contribution is 0.289. The summed E-state index contributed by atoms with van der Waals surface area (Å²) in [7, 11) is 0. The normalized spacial score (nSPS) is 21.5. The SMILES string of the molecule is Fc1ccc(Br)c(CNC2CC(c3ccccc3)C2)c1. The Labute approximate surface area is 127 Å². The standard InChI is InChI=1S/C17H17BrFN/c18-17-7-6-15(19)8-14(17)11-20-16-9-13(10-16)12-4-2-1-3-5-12/h1-8,13,16,20H,9-11H2. The predicted octanol–water partition coefficient (Wildman–Crippen LogP) is 4.62. The van der Waals surface area contributed by atoms with E-state index in [2.05, 4.69) is 51.6 Å². The average Bonchev–Trinajstić information content (AvgIpc) is 2.42. The molecule has 1 saturated carbocycles. The Hall–Kier alpha value is -1.19. The summed E-state index contributed by atoms with van der Waals surface area (Å²) in [5, 5.41) is 3.51. The van der Waals surface area contributed by atoms with Gasteiger partial charge in [-0.15, -0.1) is 0 Å². The second kappa shape index (κ2) is 6.06. The molecular formula is C17H17BrFN. The number of halogens is 2. The zero-order chi connectivity index (χ0) is 13.9. The summed E-state index contributed by atoms with van der Waals surface area (Å²) in [6, 6.07) is 16.0. The van der Waals surface area contributed by atoms with Gasteiger partial charge in [0.2, 0.25) is 0 Å². The number of hydrogen-bond donors (Lipinski definition) is 1. The Balaban J connectivity index is 1.51. The van der Waals surface area contributed by atoms with Crippen molar-refractivity contribution in [2.45, 2.75) is 31.3 Å². The maximum atomic E-state index is 13.2. The van der Waals surface area contributed by atoms with Gasteiger partial charge in [0.05, 0.1) is 0 Å². The lowest BCUT2D eigenvalue weighted by atomic mass is 9.76. The van der Waals surface area contributed by atoms with Crippen LogP contribution < -0.4 is 5.32 Å². The van der Waals surface area contributed by atoms with Crippen molar-refractivity contribution in [1.82, 2.24) is 5.32 Å². The van der Waals surface area contributed by atoms with Gasteiger partial charge in [-0.05, 0) is 48.1 Å². The molecule has 1 N–H and O–H groups in total. The molecule has 1 aliphatic carbocycles. The first-order chi connectivity index (χ1) is 9.72. The van der Waals surface area contributed by atoms with E-state index in [1.165, 1.54) is 11.6 Å². The number of rotatable bonds is 4. The van der Waals surface area contributed by atoms with Crippen molar-refractivity contribution in [1.29, 1.82) is 0 Å². The topological polar surface area (TPSA) is 12.0 Å². The molecule has 0 spiro atoms. The van der Waals surface area contributed by atoms with Crippen LogP contribution in [-0.4, -0.2) is 6.04 Å². The molecular weight excluding hydrogens is 317 g/mol. The monoisotopic (exact) mass is 333 g/mol. The van der Waals surface area contributed by atoms with Crippen LogP contribution in [0, 0.1) is 5.82 Å². The molecule has 2 aromatic carbocycles. The summed E-state index contributed by atoms with van der Waals surface area (Å²) in [4.78, 5) is 0. The summed E-state index contributed by atoms with van der Waals surface area (Å²) in [5.74, 6) is 0.491. The molecule has 0 amide bonds. The fraction of sp³-hybridized carbons (Fsp3) is 0.294. The minimum Gasteiger partial charge on any atom is -0.310 e. The lowest BCUT2D eigenvalue weighted by Gasteiger charge is -2.36. The molecule has 0 radical (unpaired) electrons. The Morgan fingerprint density at radius 3 is 2.60 bits per heavy atom. The van der Waals surface area contributed by atoms with Gasteiger partial charge in [0.15, 0.2) is 0 Å². The first kappa shape index (κ1) is 13.8.